The van der Waals surface area contributed by atoms with Gasteiger partial charge in [-0.3, -0.25) is 5.10 Å². The second-order valence-corrected chi connectivity index (χ2v) is 5.41. The largest absolute Gasteiger partial charge is 0.394 e. The van der Waals surface area contributed by atoms with Gasteiger partial charge in [0.05, 0.1) is 25.5 Å². The topological polar surface area (TPSA) is 95.5 Å². The molecule has 0 spiro atoms. The minimum atomic E-state index is -3.51. The number of hydrogen-bond acceptors (Lipinski definition) is 5. The highest BCUT2D eigenvalue weighted by atomic mass is 32.2. The monoisotopic (exact) mass is 247 g/mol. The maximum absolute atomic E-state index is 12.0. The summed E-state index contributed by atoms with van der Waals surface area (Å²) in [5.74, 6) is 0. The summed E-state index contributed by atoms with van der Waals surface area (Å²) in [7, 11) is -3.51. The summed E-state index contributed by atoms with van der Waals surface area (Å²) in [6.45, 7) is 0.577. The zero-order chi connectivity index (χ0) is 11.6. The van der Waals surface area contributed by atoms with Crippen LogP contribution in [0.15, 0.2) is 17.3 Å². The van der Waals surface area contributed by atoms with Gasteiger partial charge in [-0.2, -0.15) is 9.40 Å². The smallest absolute Gasteiger partial charge is 0.246 e. The third-order valence-electron chi connectivity index (χ3n) is 2.42. The average molecular weight is 247 g/mol. The van der Waals surface area contributed by atoms with E-state index in [1.165, 1.54) is 16.7 Å². The zero-order valence-corrected chi connectivity index (χ0v) is 9.35. The molecule has 2 N–H and O–H groups in total. The van der Waals surface area contributed by atoms with Crippen molar-refractivity contribution in [3.8, 4) is 0 Å². The quantitative estimate of drug-likeness (QED) is 0.699. The molecular formula is C8H13N3O4S. The van der Waals surface area contributed by atoms with E-state index in [0.29, 0.717) is 13.2 Å². The van der Waals surface area contributed by atoms with Crippen LogP contribution < -0.4 is 0 Å². The Kier molecular flexibility index (Phi) is 3.24. The van der Waals surface area contributed by atoms with Gasteiger partial charge in [0.2, 0.25) is 10.0 Å². The molecule has 2 rings (SSSR count). The molecule has 0 radical (unpaired) electrons. The van der Waals surface area contributed by atoms with Crippen LogP contribution in [0.3, 0.4) is 0 Å². The van der Waals surface area contributed by atoms with E-state index in [0.717, 1.165) is 0 Å². The first kappa shape index (κ1) is 11.5. The van der Waals surface area contributed by atoms with Crippen LogP contribution >= 0.6 is 0 Å². The highest BCUT2D eigenvalue weighted by Crippen LogP contribution is 2.17. The fourth-order valence-corrected chi connectivity index (χ4v) is 2.91. The number of aromatic nitrogens is 2. The Labute approximate surface area is 93.1 Å². The molecule has 1 saturated heterocycles. The van der Waals surface area contributed by atoms with E-state index in [1.54, 1.807) is 0 Å². The van der Waals surface area contributed by atoms with E-state index < -0.39 is 16.1 Å². The molecule has 7 nitrogen and oxygen atoms in total. The first-order valence-electron chi connectivity index (χ1n) is 4.86. The summed E-state index contributed by atoms with van der Waals surface area (Å²) in [5, 5.41) is 15.0. The molecule has 0 aromatic carbocycles. The van der Waals surface area contributed by atoms with Gasteiger partial charge in [0.25, 0.3) is 0 Å². The Morgan fingerprint density at radius 3 is 3.12 bits per heavy atom. The lowest BCUT2D eigenvalue weighted by atomic mass is 10.3. The number of sulfonamides is 1. The third-order valence-corrected chi connectivity index (χ3v) is 4.25. The van der Waals surface area contributed by atoms with E-state index in [1.807, 2.05) is 0 Å². The van der Waals surface area contributed by atoms with Crippen molar-refractivity contribution in [2.45, 2.75) is 11.0 Å². The fraction of sp³-hybridized carbons (Fsp3) is 0.625. The molecule has 0 saturated carbocycles. The molecule has 90 valence electrons. The van der Waals surface area contributed by atoms with Gasteiger partial charge in [0.15, 0.2) is 0 Å². The molecule has 8 heteroatoms. The number of morpholine rings is 1. The molecule has 1 unspecified atom stereocenters. The highest BCUT2D eigenvalue weighted by molar-refractivity contribution is 7.89. The van der Waals surface area contributed by atoms with Crippen molar-refractivity contribution in [1.82, 2.24) is 14.5 Å². The molecule has 0 amide bonds. The van der Waals surface area contributed by atoms with E-state index in [2.05, 4.69) is 10.2 Å². The predicted octanol–water partition coefficient (Wildman–Crippen LogP) is -1.21. The minimum Gasteiger partial charge on any atom is -0.394 e. The Morgan fingerprint density at radius 2 is 2.50 bits per heavy atom. The highest BCUT2D eigenvalue weighted by Gasteiger charge is 2.30. The summed E-state index contributed by atoms with van der Waals surface area (Å²) in [4.78, 5) is 0.131. The van der Waals surface area contributed by atoms with Crippen molar-refractivity contribution in [2.24, 2.45) is 0 Å². The van der Waals surface area contributed by atoms with Gasteiger partial charge in [0, 0.05) is 19.3 Å². The Balaban J connectivity index is 2.18. The zero-order valence-electron chi connectivity index (χ0n) is 8.54. The second-order valence-electron chi connectivity index (χ2n) is 3.47. The van der Waals surface area contributed by atoms with Gasteiger partial charge in [0.1, 0.15) is 4.90 Å². The lowest BCUT2D eigenvalue weighted by Gasteiger charge is -2.30. The summed E-state index contributed by atoms with van der Waals surface area (Å²) >= 11 is 0. The van der Waals surface area contributed by atoms with Crippen molar-refractivity contribution in [2.75, 3.05) is 26.3 Å². The molecule has 1 aromatic rings. The van der Waals surface area contributed by atoms with Crippen LogP contribution in [0.1, 0.15) is 0 Å². The molecule has 1 atom stereocenters. The lowest BCUT2D eigenvalue weighted by Crippen LogP contribution is -2.46. The number of hydrogen-bond donors (Lipinski definition) is 2. The van der Waals surface area contributed by atoms with Gasteiger partial charge in [-0.25, -0.2) is 8.42 Å². The summed E-state index contributed by atoms with van der Waals surface area (Å²) in [6, 6.07) is 0. The van der Waals surface area contributed by atoms with Crippen LogP contribution in [0.25, 0.3) is 0 Å². The van der Waals surface area contributed by atoms with Crippen molar-refractivity contribution in [1.29, 1.82) is 0 Å². The molecule has 1 fully saturated rings. The number of rotatable bonds is 3. The minimum absolute atomic E-state index is 0.131. The van der Waals surface area contributed by atoms with Crippen LogP contribution in [0.4, 0.5) is 0 Å². The fourth-order valence-electron chi connectivity index (χ4n) is 1.55. The predicted molar refractivity (Wildman–Crippen MR) is 54.2 cm³/mol. The van der Waals surface area contributed by atoms with E-state index >= 15 is 0 Å². The third kappa shape index (κ3) is 2.09. The lowest BCUT2D eigenvalue weighted by molar-refractivity contribution is -0.0304. The van der Waals surface area contributed by atoms with Crippen LogP contribution in [0.5, 0.6) is 0 Å². The van der Waals surface area contributed by atoms with Gasteiger partial charge < -0.3 is 9.84 Å². The Bertz CT molecular complexity index is 430. The molecule has 1 aliphatic heterocycles. The number of nitrogens with one attached hydrogen (secondary N) is 1. The maximum atomic E-state index is 12.0. The number of aliphatic hydroxyl groups is 1. The average Bonchev–Trinajstić information content (AvgIpc) is 2.83. The van der Waals surface area contributed by atoms with E-state index in [9.17, 15) is 8.42 Å². The van der Waals surface area contributed by atoms with Crippen molar-refractivity contribution >= 4 is 10.0 Å². The standard InChI is InChI=1S/C8H13N3O4S/c12-6-7-5-11(1-2-15-7)16(13,14)8-3-9-10-4-8/h3-4,7,12H,1-2,5-6H2,(H,9,10). The number of H-pyrrole nitrogens is 1. The SMILES string of the molecule is O=S(=O)(c1cn[nH]c1)N1CCOC(CO)C1. The normalized spacial score (nSPS) is 23.4. The molecule has 2 heterocycles. The summed E-state index contributed by atoms with van der Waals surface area (Å²) in [6.07, 6.45) is 2.15. The van der Waals surface area contributed by atoms with Crippen LogP contribution in [0.2, 0.25) is 0 Å². The molecule has 0 aliphatic carbocycles. The van der Waals surface area contributed by atoms with Crippen LogP contribution in [0, 0.1) is 0 Å². The molecule has 1 aliphatic rings. The second kappa shape index (κ2) is 4.50. The number of nitrogens with zero attached hydrogens (tertiary/aromatic N) is 2. The van der Waals surface area contributed by atoms with E-state index in [4.69, 9.17) is 9.84 Å². The van der Waals surface area contributed by atoms with Crippen molar-refractivity contribution in [3.05, 3.63) is 12.4 Å². The van der Waals surface area contributed by atoms with Gasteiger partial charge in [-0.1, -0.05) is 0 Å². The van der Waals surface area contributed by atoms with E-state index in [-0.39, 0.29) is 18.0 Å². The summed E-state index contributed by atoms with van der Waals surface area (Å²) < 4.78 is 30.6. The molecule has 16 heavy (non-hydrogen) atoms. The first-order chi connectivity index (χ1) is 7.64. The Hall–Kier alpha value is -0.960. The number of ether oxygens (including phenoxy) is 1. The van der Waals surface area contributed by atoms with Crippen molar-refractivity contribution < 1.29 is 18.3 Å². The van der Waals surface area contributed by atoms with Crippen molar-refractivity contribution in [3.63, 3.8) is 0 Å². The maximum Gasteiger partial charge on any atom is 0.246 e. The molecule has 1 aromatic heterocycles. The molecule has 0 bridgehead atoms. The van der Waals surface area contributed by atoms with Crippen LogP contribution in [-0.2, 0) is 14.8 Å². The summed E-state index contributed by atoms with van der Waals surface area (Å²) in [5.41, 5.74) is 0. The number of aliphatic hydroxyl groups excluding tert-OH is 1. The van der Waals surface area contributed by atoms with Gasteiger partial charge >= 0.3 is 0 Å². The Morgan fingerprint density at radius 1 is 1.69 bits per heavy atom. The van der Waals surface area contributed by atoms with Gasteiger partial charge in [-0.05, 0) is 0 Å². The van der Waals surface area contributed by atoms with Crippen LogP contribution in [-0.4, -0.2) is 60.4 Å². The number of aromatic amines is 1. The van der Waals surface area contributed by atoms with Gasteiger partial charge in [-0.15, -0.1) is 0 Å². The molecular weight excluding hydrogens is 234 g/mol. The first-order valence-corrected chi connectivity index (χ1v) is 6.30.